The second-order valence-electron chi connectivity index (χ2n) is 7.28. The minimum Gasteiger partial charge on any atom is -0.452 e. The summed E-state index contributed by atoms with van der Waals surface area (Å²) in [7, 11) is -3.88. The molecular formula is C22H23ClN2O6S. The standard InChI is InChI=1S/C22H23ClN2O6S/c23-18-11-10-17(14-19(18)32(29,30)25-12-6-1-2-7-13-25)22(28)31-15-20(26)24-21(27)16-8-4-3-5-9-16/h3-5,8-11,14H,1-2,6-7,12-13,15H2,(H,24,26,27). The molecule has 0 aliphatic carbocycles. The van der Waals surface area contributed by atoms with Gasteiger partial charge >= 0.3 is 5.97 Å². The van der Waals surface area contributed by atoms with E-state index in [1.807, 2.05) is 0 Å². The van der Waals surface area contributed by atoms with Crippen molar-refractivity contribution in [2.75, 3.05) is 19.7 Å². The Morgan fingerprint density at radius 3 is 2.25 bits per heavy atom. The number of hydrogen-bond acceptors (Lipinski definition) is 6. The first-order valence-corrected chi connectivity index (χ1v) is 12.0. The van der Waals surface area contributed by atoms with Crippen LogP contribution in [0.1, 0.15) is 46.4 Å². The predicted octanol–water partition coefficient (Wildman–Crippen LogP) is 3.02. The zero-order valence-corrected chi connectivity index (χ0v) is 18.8. The van der Waals surface area contributed by atoms with Crippen LogP contribution < -0.4 is 5.32 Å². The third-order valence-electron chi connectivity index (χ3n) is 4.97. The summed E-state index contributed by atoms with van der Waals surface area (Å²) in [6.45, 7) is 0.0835. The van der Waals surface area contributed by atoms with E-state index in [1.165, 1.54) is 28.6 Å². The molecule has 1 aliphatic rings. The Balaban J connectivity index is 1.66. The Labute approximate surface area is 191 Å². The Morgan fingerprint density at radius 2 is 1.59 bits per heavy atom. The lowest BCUT2D eigenvalue weighted by atomic mass is 10.2. The molecule has 1 fully saturated rings. The second-order valence-corrected chi connectivity index (χ2v) is 9.60. The molecule has 0 spiro atoms. The first-order valence-electron chi connectivity index (χ1n) is 10.1. The quantitative estimate of drug-likeness (QED) is 0.639. The van der Waals surface area contributed by atoms with Crippen molar-refractivity contribution in [1.29, 1.82) is 0 Å². The molecule has 170 valence electrons. The molecule has 32 heavy (non-hydrogen) atoms. The molecule has 0 aromatic heterocycles. The van der Waals surface area contributed by atoms with Crippen LogP contribution in [0.15, 0.2) is 53.4 Å². The molecule has 0 bridgehead atoms. The molecule has 8 nitrogen and oxygen atoms in total. The van der Waals surface area contributed by atoms with Gasteiger partial charge in [0.1, 0.15) is 4.90 Å². The molecule has 1 saturated heterocycles. The topological polar surface area (TPSA) is 110 Å². The number of nitrogens with one attached hydrogen (secondary N) is 1. The van der Waals surface area contributed by atoms with E-state index < -0.39 is 34.4 Å². The molecule has 1 N–H and O–H groups in total. The van der Waals surface area contributed by atoms with Crippen molar-refractivity contribution in [2.45, 2.75) is 30.6 Å². The maximum atomic E-state index is 13.0. The molecule has 0 atom stereocenters. The number of amides is 2. The number of hydrogen-bond donors (Lipinski definition) is 1. The van der Waals surface area contributed by atoms with Gasteiger partial charge in [0, 0.05) is 18.7 Å². The minimum absolute atomic E-state index is 0.00278. The van der Waals surface area contributed by atoms with E-state index in [9.17, 15) is 22.8 Å². The molecule has 1 heterocycles. The molecule has 2 amide bonds. The summed E-state index contributed by atoms with van der Waals surface area (Å²) in [5.41, 5.74) is 0.221. The summed E-state index contributed by atoms with van der Waals surface area (Å²) >= 11 is 6.13. The lowest BCUT2D eigenvalue weighted by Gasteiger charge is -2.21. The molecule has 0 saturated carbocycles. The summed E-state index contributed by atoms with van der Waals surface area (Å²) in [5, 5.41) is 2.12. The van der Waals surface area contributed by atoms with E-state index in [4.69, 9.17) is 16.3 Å². The first-order chi connectivity index (χ1) is 15.3. The van der Waals surface area contributed by atoms with Gasteiger partial charge in [0.05, 0.1) is 10.6 Å². The van der Waals surface area contributed by atoms with Crippen LogP contribution >= 0.6 is 11.6 Å². The SMILES string of the molecule is O=C(COC(=O)c1ccc(Cl)c(S(=O)(=O)N2CCCCCC2)c1)NC(=O)c1ccccc1. The smallest absolute Gasteiger partial charge is 0.338 e. The highest BCUT2D eigenvalue weighted by molar-refractivity contribution is 7.89. The Morgan fingerprint density at radius 1 is 0.938 bits per heavy atom. The highest BCUT2D eigenvalue weighted by Gasteiger charge is 2.28. The summed E-state index contributed by atoms with van der Waals surface area (Å²) in [6.07, 6.45) is 3.44. The van der Waals surface area contributed by atoms with Crippen LogP contribution in [-0.2, 0) is 19.6 Å². The molecule has 2 aromatic rings. The van der Waals surface area contributed by atoms with E-state index >= 15 is 0 Å². The summed E-state index contributed by atoms with van der Waals surface area (Å²) in [6, 6.07) is 11.9. The fraction of sp³-hybridized carbons (Fsp3) is 0.318. The van der Waals surface area contributed by atoms with Crippen LogP contribution in [0.4, 0.5) is 0 Å². The largest absolute Gasteiger partial charge is 0.452 e. The third-order valence-corrected chi connectivity index (χ3v) is 7.35. The Hall–Kier alpha value is -2.75. The molecule has 0 radical (unpaired) electrons. The number of ether oxygens (including phenoxy) is 1. The average Bonchev–Trinajstić information content (AvgIpc) is 3.08. The van der Waals surface area contributed by atoms with Crippen LogP contribution in [0.5, 0.6) is 0 Å². The highest BCUT2D eigenvalue weighted by Crippen LogP contribution is 2.28. The monoisotopic (exact) mass is 478 g/mol. The predicted molar refractivity (Wildman–Crippen MR) is 118 cm³/mol. The summed E-state index contributed by atoms with van der Waals surface area (Å²) in [5.74, 6) is -2.33. The highest BCUT2D eigenvalue weighted by atomic mass is 35.5. The van der Waals surface area contributed by atoms with E-state index in [-0.39, 0.29) is 21.0 Å². The van der Waals surface area contributed by atoms with E-state index in [0.717, 1.165) is 31.7 Å². The van der Waals surface area contributed by atoms with E-state index in [1.54, 1.807) is 18.2 Å². The number of nitrogens with zero attached hydrogens (tertiary/aromatic N) is 1. The Bertz CT molecular complexity index is 1100. The summed E-state index contributed by atoms with van der Waals surface area (Å²) < 4.78 is 32.4. The number of esters is 1. The number of halogens is 1. The van der Waals surface area contributed by atoms with Gasteiger partial charge in [0.15, 0.2) is 6.61 Å². The molecule has 1 aliphatic heterocycles. The number of sulfonamides is 1. The molecule has 0 unspecified atom stereocenters. The lowest BCUT2D eigenvalue weighted by molar-refractivity contribution is -0.123. The average molecular weight is 479 g/mol. The first kappa shape index (κ1) is 23.9. The zero-order valence-electron chi connectivity index (χ0n) is 17.3. The lowest BCUT2D eigenvalue weighted by Crippen LogP contribution is -2.34. The Kier molecular flexibility index (Phi) is 8.00. The van der Waals surface area contributed by atoms with Crippen LogP contribution in [-0.4, -0.2) is 50.2 Å². The molecule has 3 rings (SSSR count). The van der Waals surface area contributed by atoms with Crippen LogP contribution in [0, 0.1) is 0 Å². The van der Waals surface area contributed by atoms with Gasteiger partial charge < -0.3 is 4.74 Å². The van der Waals surface area contributed by atoms with Gasteiger partial charge in [-0.3, -0.25) is 14.9 Å². The van der Waals surface area contributed by atoms with Crippen molar-refractivity contribution in [1.82, 2.24) is 9.62 Å². The van der Waals surface area contributed by atoms with Gasteiger partial charge in [-0.2, -0.15) is 4.31 Å². The number of carbonyl (C=O) groups is 3. The van der Waals surface area contributed by atoms with Crippen molar-refractivity contribution in [3.8, 4) is 0 Å². The number of benzene rings is 2. The normalized spacial score (nSPS) is 14.9. The van der Waals surface area contributed by atoms with E-state index in [0.29, 0.717) is 13.1 Å². The number of imide groups is 1. The van der Waals surface area contributed by atoms with Gasteiger partial charge in [-0.1, -0.05) is 42.6 Å². The maximum absolute atomic E-state index is 13.0. The molecular weight excluding hydrogens is 456 g/mol. The third kappa shape index (κ3) is 5.93. The fourth-order valence-electron chi connectivity index (χ4n) is 3.29. The second kappa shape index (κ2) is 10.7. The summed E-state index contributed by atoms with van der Waals surface area (Å²) in [4.78, 5) is 36.1. The zero-order chi connectivity index (χ0) is 23.1. The van der Waals surface area contributed by atoms with Crippen molar-refractivity contribution in [3.63, 3.8) is 0 Å². The van der Waals surface area contributed by atoms with Gasteiger partial charge in [0.2, 0.25) is 10.0 Å². The minimum atomic E-state index is -3.88. The van der Waals surface area contributed by atoms with Crippen LogP contribution in [0.2, 0.25) is 5.02 Å². The molecule has 10 heteroatoms. The number of rotatable bonds is 6. The van der Waals surface area contributed by atoms with Crippen LogP contribution in [0.3, 0.4) is 0 Å². The van der Waals surface area contributed by atoms with Gasteiger partial charge in [-0.25, -0.2) is 13.2 Å². The van der Waals surface area contributed by atoms with Crippen molar-refractivity contribution < 1.29 is 27.5 Å². The fourth-order valence-corrected chi connectivity index (χ4v) is 5.31. The number of carbonyl (C=O) groups excluding carboxylic acids is 3. The van der Waals surface area contributed by atoms with Crippen molar-refractivity contribution in [2.24, 2.45) is 0 Å². The van der Waals surface area contributed by atoms with Gasteiger partial charge in [-0.05, 0) is 43.2 Å². The maximum Gasteiger partial charge on any atom is 0.338 e. The van der Waals surface area contributed by atoms with Gasteiger partial charge in [0.25, 0.3) is 11.8 Å². The van der Waals surface area contributed by atoms with Gasteiger partial charge in [-0.15, -0.1) is 0 Å². The van der Waals surface area contributed by atoms with Crippen molar-refractivity contribution >= 4 is 39.4 Å². The van der Waals surface area contributed by atoms with Crippen LogP contribution in [0.25, 0.3) is 0 Å². The molecule has 2 aromatic carbocycles. The van der Waals surface area contributed by atoms with E-state index in [2.05, 4.69) is 5.32 Å². The van der Waals surface area contributed by atoms with Crippen molar-refractivity contribution in [3.05, 3.63) is 64.7 Å².